The van der Waals surface area contributed by atoms with Crippen LogP contribution < -0.4 is 0 Å². The molecule has 0 aromatic heterocycles. The summed E-state index contributed by atoms with van der Waals surface area (Å²) < 4.78 is 0. The molecular weight excluding hydrogens is 268 g/mol. The molecule has 8 heteroatoms. The Labute approximate surface area is 66.5 Å². The maximum atomic E-state index is 0. The van der Waals surface area contributed by atoms with Crippen molar-refractivity contribution in [3.8, 4) is 0 Å². The summed E-state index contributed by atoms with van der Waals surface area (Å²) >= 11 is 0. The third-order valence-electron chi connectivity index (χ3n) is 0. The third kappa shape index (κ3) is 398. The molecule has 0 fully saturated rings. The zero-order valence-corrected chi connectivity index (χ0v) is 6.95. The minimum atomic E-state index is 0. The zero-order valence-electron chi connectivity index (χ0n) is 3.40. The second-order valence-electron chi connectivity index (χ2n) is 0. The molecule has 0 amide bonds. The van der Waals surface area contributed by atoms with Gasteiger partial charge in [-0.05, 0) is 0 Å². The van der Waals surface area contributed by atoms with Crippen LogP contribution in [-0.4, -0.2) is 24.4 Å². The fraction of sp³-hybridized carbons (Fsp3) is 0. The molecule has 0 aromatic rings. The number of rotatable bonds is 0. The molecule has 0 heterocycles. The molecule has 0 saturated carbocycles. The van der Waals surface area contributed by atoms with Crippen LogP contribution in [0.2, 0.25) is 0 Å². The zero-order chi connectivity index (χ0) is 0. The Kier molecular flexibility index (Phi) is 73900. The van der Waals surface area contributed by atoms with Crippen molar-refractivity contribution in [3.05, 3.63) is 0 Å². The number of halogens is 6. The van der Waals surface area contributed by atoms with Gasteiger partial charge in [-0.25, -0.2) is 0 Å². The Bertz CT molecular complexity index is 8.49. The van der Waals surface area contributed by atoms with Gasteiger partial charge in [-0.15, -0.1) is 0 Å². The van der Waals surface area contributed by atoms with Crippen molar-refractivity contribution in [3.63, 3.8) is 0 Å². The van der Waals surface area contributed by atoms with E-state index < -0.39 is 0 Å². The molecule has 0 aromatic carbocycles. The predicted molar refractivity (Wildman–Crippen MR) is 31.2 cm³/mol. The predicted octanol–water partition coefficient (Wildman–Crippen LogP) is 0.647. The molecule has 0 spiro atoms. The van der Waals surface area contributed by atoms with Crippen LogP contribution in [0.1, 0.15) is 0 Å². The summed E-state index contributed by atoms with van der Waals surface area (Å²) in [6.45, 7) is 0. The van der Waals surface area contributed by atoms with Gasteiger partial charge in [-0.2, -0.15) is 13.5 Å². The van der Waals surface area contributed by atoms with Crippen molar-refractivity contribution < 1.29 is 28.2 Å². The van der Waals surface area contributed by atoms with E-state index in [-0.39, 0.29) is 66.2 Å². The maximum Gasteiger partial charge on any atom is 0 e. The van der Waals surface area contributed by atoms with Gasteiger partial charge in [0.25, 0.3) is 0 Å². The van der Waals surface area contributed by atoms with E-state index in [2.05, 4.69) is 0 Å². The molecule has 0 rings (SSSR count). The Morgan fingerprint density at radius 1 is 0.375 bits per heavy atom. The fourth-order valence-electron chi connectivity index (χ4n) is 0. The van der Waals surface area contributed by atoms with Gasteiger partial charge < -0.3 is 0 Å². The fourth-order valence-corrected chi connectivity index (χ4v) is 0. The van der Waals surface area contributed by atoms with Gasteiger partial charge in [-0.3, -0.25) is 28.2 Å². The Balaban J connectivity index is 0. The molecule has 3 radical (unpaired) electrons. The van der Waals surface area contributed by atoms with Crippen molar-refractivity contribution in [1.82, 2.24) is 0 Å². The summed E-state index contributed by atoms with van der Waals surface area (Å²) in [4.78, 5) is 0. The van der Waals surface area contributed by atoms with Crippen molar-refractivity contribution in [1.29, 1.82) is 0 Å². The van der Waals surface area contributed by atoms with Crippen molar-refractivity contribution >= 4 is 37.9 Å². The summed E-state index contributed by atoms with van der Waals surface area (Å²) in [5, 5.41) is 0. The molecule has 0 atom stereocenters. The Hall–Kier alpha value is 0.748. The molecule has 0 unspecified atom stereocenters. The molecule has 0 nitrogen and oxygen atoms in total. The first-order valence-corrected chi connectivity index (χ1v) is 0. The summed E-state index contributed by atoms with van der Waals surface area (Å²) in [6, 6.07) is 0. The molecule has 0 N–H and O–H groups in total. The first kappa shape index (κ1) is 938. The van der Waals surface area contributed by atoms with E-state index in [0.29, 0.717) is 0 Å². The van der Waals surface area contributed by atoms with Crippen LogP contribution in [0.3, 0.4) is 0 Å². The van der Waals surface area contributed by atoms with E-state index in [0.717, 1.165) is 0 Å². The molecule has 0 saturated heterocycles. The number of hydrogen-bond acceptors (Lipinski definition) is 0. The van der Waals surface area contributed by atoms with Gasteiger partial charge in [0.05, 0.1) is 0 Å². The normalized spacial score (nSPS) is 0. The van der Waals surface area contributed by atoms with E-state index in [1.807, 2.05) is 0 Å². The summed E-state index contributed by atoms with van der Waals surface area (Å²) in [5.41, 5.74) is 0. The third-order valence-corrected chi connectivity index (χ3v) is 0. The topological polar surface area (TPSA) is 0 Å². The van der Waals surface area contributed by atoms with Gasteiger partial charge in [0.2, 0.25) is 0 Å². The largest absolute Gasteiger partial charge is 0.269 e. The van der Waals surface area contributed by atoms with Crippen molar-refractivity contribution in [2.24, 2.45) is 0 Å². The van der Waals surface area contributed by atoms with Crippen LogP contribution >= 0.6 is 13.5 Å². The minimum Gasteiger partial charge on any atom is -0.269 e. The van der Waals surface area contributed by atoms with Crippen LogP contribution in [0.25, 0.3) is 0 Å². The standard InChI is InChI=1S/6FH.H2S.Sb/h6*1H;1H2;. The van der Waals surface area contributed by atoms with Gasteiger partial charge in [0.15, 0.2) is 0 Å². The monoisotopic (exact) mass is 275 g/mol. The van der Waals surface area contributed by atoms with Gasteiger partial charge in [0, 0.05) is 24.4 Å². The van der Waals surface area contributed by atoms with Crippen LogP contribution in [-0.2, 0) is 0 Å². The number of hydrogen-bond donors (Lipinski definition) is 0. The summed E-state index contributed by atoms with van der Waals surface area (Å²) in [6.07, 6.45) is 0. The van der Waals surface area contributed by atoms with E-state index in [1.54, 1.807) is 0 Å². The molecular formula is H8F6SSb. The quantitative estimate of drug-likeness (QED) is 0.450. The van der Waals surface area contributed by atoms with Gasteiger partial charge in [-0.1, -0.05) is 0 Å². The van der Waals surface area contributed by atoms with E-state index in [1.165, 1.54) is 0 Å². The van der Waals surface area contributed by atoms with Crippen LogP contribution in [0, 0.1) is 0 Å². The van der Waals surface area contributed by atoms with Crippen molar-refractivity contribution in [2.75, 3.05) is 0 Å². The Morgan fingerprint density at radius 3 is 0.375 bits per heavy atom. The second-order valence-corrected chi connectivity index (χ2v) is 0. The van der Waals surface area contributed by atoms with Gasteiger partial charge in [0.1, 0.15) is 0 Å². The summed E-state index contributed by atoms with van der Waals surface area (Å²) in [5.74, 6) is 0. The smallest absolute Gasteiger partial charge is 0 e. The van der Waals surface area contributed by atoms with Crippen LogP contribution in [0.4, 0.5) is 28.2 Å². The first-order valence-electron chi connectivity index (χ1n) is 0. The summed E-state index contributed by atoms with van der Waals surface area (Å²) in [7, 11) is 0. The molecule has 0 aliphatic heterocycles. The van der Waals surface area contributed by atoms with E-state index >= 15 is 0 Å². The SMILES string of the molecule is F.F.F.F.F.F.S.[Sb]. The molecule has 0 aliphatic rings. The molecule has 0 aliphatic carbocycles. The minimum absolute atomic E-state index is 0. The second kappa shape index (κ2) is 630. The van der Waals surface area contributed by atoms with Crippen molar-refractivity contribution in [2.45, 2.75) is 0 Å². The van der Waals surface area contributed by atoms with Gasteiger partial charge >= 0.3 is 0 Å². The molecule has 0 bridgehead atoms. The molecule has 61 valence electrons. The van der Waals surface area contributed by atoms with Crippen LogP contribution in [0.15, 0.2) is 0 Å². The first-order chi connectivity index (χ1) is 0. The van der Waals surface area contributed by atoms with E-state index in [4.69, 9.17) is 0 Å². The Morgan fingerprint density at radius 2 is 0.375 bits per heavy atom. The maximum absolute atomic E-state index is 0. The average molecular weight is 276 g/mol. The molecule has 8 heavy (non-hydrogen) atoms. The van der Waals surface area contributed by atoms with Crippen LogP contribution in [0.5, 0.6) is 0 Å². The van der Waals surface area contributed by atoms with E-state index in [9.17, 15) is 0 Å². The average Bonchev–Trinajstić information content (AvgIpc) is 0.